The van der Waals surface area contributed by atoms with E-state index >= 15 is 0 Å². The Labute approximate surface area is 153 Å². The Balaban J connectivity index is 2.01. The number of hydrogen-bond donors (Lipinski definition) is 1. The van der Waals surface area contributed by atoms with Gasteiger partial charge in [0.05, 0.1) is 18.4 Å². The zero-order valence-electron chi connectivity index (χ0n) is 14.8. The van der Waals surface area contributed by atoms with Gasteiger partial charge in [-0.25, -0.2) is 13.1 Å². The van der Waals surface area contributed by atoms with E-state index in [1.54, 1.807) is 42.1 Å². The summed E-state index contributed by atoms with van der Waals surface area (Å²) in [5.74, 6) is -0.608. The molecule has 2 aromatic rings. The topological polar surface area (TPSA) is 94.5 Å². The predicted molar refractivity (Wildman–Crippen MR) is 96.3 cm³/mol. The van der Waals surface area contributed by atoms with Crippen LogP contribution in [0.4, 0.5) is 0 Å². The summed E-state index contributed by atoms with van der Waals surface area (Å²) in [6, 6.07) is 9.78. The van der Waals surface area contributed by atoms with E-state index in [0.717, 1.165) is 5.69 Å². The van der Waals surface area contributed by atoms with Crippen molar-refractivity contribution in [1.29, 1.82) is 0 Å². The number of esters is 1. The molecule has 0 fully saturated rings. The van der Waals surface area contributed by atoms with Gasteiger partial charge in [-0.15, -0.1) is 0 Å². The summed E-state index contributed by atoms with van der Waals surface area (Å²) in [6.45, 7) is 0.159. The highest BCUT2D eigenvalue weighted by Gasteiger charge is 2.18. The number of carbonyl (C=O) groups is 2. The Kier molecular flexibility index (Phi) is 6.70. The van der Waals surface area contributed by atoms with Crippen LogP contribution in [-0.4, -0.2) is 38.4 Å². The van der Waals surface area contributed by atoms with Crippen LogP contribution < -0.4 is 4.72 Å². The van der Waals surface area contributed by atoms with Gasteiger partial charge < -0.3 is 9.30 Å². The minimum atomic E-state index is -3.59. The van der Waals surface area contributed by atoms with Crippen molar-refractivity contribution in [1.82, 2.24) is 9.29 Å². The fraction of sp³-hybridized carbons (Fsp3) is 0.333. The number of ether oxygens (including phenoxy) is 1. The van der Waals surface area contributed by atoms with Gasteiger partial charge >= 0.3 is 5.97 Å². The quantitative estimate of drug-likeness (QED) is 0.529. The minimum absolute atomic E-state index is 0.0182. The van der Waals surface area contributed by atoms with Gasteiger partial charge in [0.1, 0.15) is 0 Å². The summed E-state index contributed by atoms with van der Waals surface area (Å²) in [4.78, 5) is 23.7. The first-order valence-electron chi connectivity index (χ1n) is 8.14. The van der Waals surface area contributed by atoms with Crippen LogP contribution in [0.3, 0.4) is 0 Å². The number of aryl methyl sites for hydroxylation is 1. The number of benzene rings is 1. The fourth-order valence-corrected chi connectivity index (χ4v) is 3.62. The third-order valence-corrected chi connectivity index (χ3v) is 5.47. The number of Topliss-reactive ketones (excluding diaryl/α,β-unsaturated/α-hetero) is 1. The second-order valence-corrected chi connectivity index (χ2v) is 7.51. The number of nitrogens with one attached hydrogen (secondary N) is 1. The molecule has 7 nitrogen and oxygen atoms in total. The van der Waals surface area contributed by atoms with Crippen molar-refractivity contribution in [2.24, 2.45) is 7.05 Å². The van der Waals surface area contributed by atoms with Gasteiger partial charge in [-0.05, 0) is 18.2 Å². The molecular weight excluding hydrogens is 356 g/mol. The van der Waals surface area contributed by atoms with Gasteiger partial charge in [-0.1, -0.05) is 18.2 Å². The van der Waals surface area contributed by atoms with Crippen LogP contribution in [-0.2, 0) is 33.0 Å². The molecule has 0 saturated heterocycles. The monoisotopic (exact) mass is 378 g/mol. The van der Waals surface area contributed by atoms with Gasteiger partial charge in [0, 0.05) is 43.9 Å². The molecule has 1 aromatic heterocycles. The zero-order valence-corrected chi connectivity index (χ0v) is 15.6. The molecule has 0 amide bonds. The van der Waals surface area contributed by atoms with Crippen molar-refractivity contribution in [3.05, 3.63) is 53.9 Å². The highest BCUT2D eigenvalue weighted by atomic mass is 32.2. The molecule has 0 unspecified atom stereocenters. The molecule has 0 aliphatic heterocycles. The summed E-state index contributed by atoms with van der Waals surface area (Å²) in [6.07, 6.45) is 2.17. The number of aromatic nitrogens is 1. The Morgan fingerprint density at radius 1 is 1.12 bits per heavy atom. The van der Waals surface area contributed by atoms with E-state index in [0.29, 0.717) is 12.0 Å². The molecule has 2 rings (SSSR count). The number of methoxy groups -OCH3 is 1. The van der Waals surface area contributed by atoms with E-state index < -0.39 is 16.0 Å². The number of rotatable bonds is 9. The predicted octanol–water partition coefficient (Wildman–Crippen LogP) is 1.68. The van der Waals surface area contributed by atoms with Crippen molar-refractivity contribution in [3.8, 4) is 0 Å². The van der Waals surface area contributed by atoms with Crippen LogP contribution in [0.1, 0.15) is 28.9 Å². The molecule has 0 aliphatic carbocycles. The normalized spacial score (nSPS) is 11.3. The van der Waals surface area contributed by atoms with Crippen LogP contribution in [0.25, 0.3) is 0 Å². The third-order valence-electron chi connectivity index (χ3n) is 3.99. The van der Waals surface area contributed by atoms with Crippen LogP contribution in [0.2, 0.25) is 0 Å². The highest BCUT2D eigenvalue weighted by molar-refractivity contribution is 7.89. The molecule has 1 aromatic carbocycles. The summed E-state index contributed by atoms with van der Waals surface area (Å²) in [5.41, 5.74) is 1.21. The van der Waals surface area contributed by atoms with Crippen molar-refractivity contribution in [2.45, 2.75) is 24.2 Å². The fourth-order valence-electron chi connectivity index (χ4n) is 2.57. The zero-order chi connectivity index (χ0) is 19.2. The van der Waals surface area contributed by atoms with Crippen LogP contribution >= 0.6 is 0 Å². The summed E-state index contributed by atoms with van der Waals surface area (Å²) in [7, 11) is -0.522. The lowest BCUT2D eigenvalue weighted by molar-refractivity contribution is -0.140. The first-order chi connectivity index (χ1) is 12.3. The lowest BCUT2D eigenvalue weighted by Crippen LogP contribution is -2.26. The molecule has 0 bridgehead atoms. The van der Waals surface area contributed by atoms with Gasteiger partial charge in [0.25, 0.3) is 0 Å². The van der Waals surface area contributed by atoms with E-state index in [-0.39, 0.29) is 30.1 Å². The highest BCUT2D eigenvalue weighted by Crippen LogP contribution is 2.15. The van der Waals surface area contributed by atoms with Gasteiger partial charge in [-0.2, -0.15) is 0 Å². The maximum Gasteiger partial charge on any atom is 0.305 e. The number of sulfonamides is 1. The van der Waals surface area contributed by atoms with Gasteiger partial charge in [-0.3, -0.25) is 9.59 Å². The van der Waals surface area contributed by atoms with E-state index in [4.69, 9.17) is 0 Å². The smallest absolute Gasteiger partial charge is 0.305 e. The lowest BCUT2D eigenvalue weighted by atomic mass is 10.1. The number of nitrogens with zero attached hydrogens (tertiary/aromatic N) is 1. The Morgan fingerprint density at radius 2 is 1.81 bits per heavy atom. The molecule has 0 saturated carbocycles. The van der Waals surface area contributed by atoms with Gasteiger partial charge in [0.2, 0.25) is 10.0 Å². The molecule has 1 heterocycles. The second-order valence-electron chi connectivity index (χ2n) is 5.75. The number of ketones is 1. The van der Waals surface area contributed by atoms with E-state index in [1.807, 2.05) is 0 Å². The van der Waals surface area contributed by atoms with E-state index in [2.05, 4.69) is 9.46 Å². The van der Waals surface area contributed by atoms with Crippen molar-refractivity contribution < 1.29 is 22.7 Å². The Morgan fingerprint density at radius 3 is 2.46 bits per heavy atom. The molecule has 0 aliphatic rings. The Hall–Kier alpha value is -2.45. The SMILES string of the molecule is COC(=O)CCC(=O)c1ccn(C)c1CCNS(=O)(=O)c1ccccc1. The molecule has 0 atom stereocenters. The largest absolute Gasteiger partial charge is 0.469 e. The second kappa shape index (κ2) is 8.77. The summed E-state index contributed by atoms with van der Waals surface area (Å²) >= 11 is 0. The van der Waals surface area contributed by atoms with Crippen LogP contribution in [0.15, 0.2) is 47.5 Å². The first kappa shape index (κ1) is 19.9. The van der Waals surface area contributed by atoms with Crippen LogP contribution in [0.5, 0.6) is 0 Å². The maximum atomic E-state index is 12.3. The average Bonchev–Trinajstić information content (AvgIpc) is 3.01. The average molecular weight is 378 g/mol. The minimum Gasteiger partial charge on any atom is -0.469 e. The van der Waals surface area contributed by atoms with Crippen LogP contribution in [0, 0.1) is 0 Å². The number of hydrogen-bond acceptors (Lipinski definition) is 5. The molecule has 26 heavy (non-hydrogen) atoms. The number of carbonyl (C=O) groups excluding carboxylic acids is 2. The van der Waals surface area contributed by atoms with E-state index in [1.165, 1.54) is 19.2 Å². The third kappa shape index (κ3) is 5.03. The lowest BCUT2D eigenvalue weighted by Gasteiger charge is -2.09. The first-order valence-corrected chi connectivity index (χ1v) is 9.62. The van der Waals surface area contributed by atoms with Gasteiger partial charge in [0.15, 0.2) is 5.78 Å². The molecular formula is C18H22N2O5S. The maximum absolute atomic E-state index is 12.3. The molecule has 1 N–H and O–H groups in total. The van der Waals surface area contributed by atoms with Crippen molar-refractivity contribution in [3.63, 3.8) is 0 Å². The molecule has 0 spiro atoms. The summed E-state index contributed by atoms with van der Waals surface area (Å²) < 4.78 is 33.3. The van der Waals surface area contributed by atoms with E-state index in [9.17, 15) is 18.0 Å². The summed E-state index contributed by atoms with van der Waals surface area (Å²) in [5, 5.41) is 0. The van der Waals surface area contributed by atoms with Crippen molar-refractivity contribution in [2.75, 3.05) is 13.7 Å². The molecule has 8 heteroatoms. The van der Waals surface area contributed by atoms with Crippen molar-refractivity contribution >= 4 is 21.8 Å². The molecule has 0 radical (unpaired) electrons. The Bertz CT molecular complexity index is 872. The standard InChI is InChI=1S/C18H22N2O5S/c1-20-13-11-15(17(21)8-9-18(22)25-2)16(20)10-12-19-26(23,24)14-6-4-3-5-7-14/h3-7,11,13,19H,8-10,12H2,1-2H3. The molecule has 140 valence electrons.